The van der Waals surface area contributed by atoms with Gasteiger partial charge < -0.3 is 9.64 Å². The maximum atomic E-state index is 11.5. The van der Waals surface area contributed by atoms with Crippen LogP contribution in [0.25, 0.3) is 6.08 Å². The van der Waals surface area contributed by atoms with E-state index in [4.69, 9.17) is 4.74 Å². The summed E-state index contributed by atoms with van der Waals surface area (Å²) >= 11 is 0. The largest absolute Gasteiger partial charge is 0.447 e. The minimum Gasteiger partial charge on any atom is -0.447 e. The normalized spacial score (nSPS) is 14.7. The number of nitriles is 2. The lowest BCUT2D eigenvalue weighted by molar-refractivity contribution is 0.152. The number of hydrogen-bond acceptors (Lipinski definition) is 5. The Morgan fingerprint density at radius 2 is 1.88 bits per heavy atom. The lowest BCUT2D eigenvalue weighted by Gasteiger charge is -2.30. The summed E-state index contributed by atoms with van der Waals surface area (Å²) < 4.78 is 5.12. The molecule has 1 aliphatic carbocycles. The Bertz CT molecular complexity index is 1020. The van der Waals surface area contributed by atoms with Gasteiger partial charge in [-0.3, -0.25) is 5.32 Å². The van der Waals surface area contributed by atoms with Crippen LogP contribution in [0, 0.1) is 28.1 Å². The number of allylic oxidation sites excluding steroid dienone is 6. The Balaban J connectivity index is 2.02. The maximum Gasteiger partial charge on any atom is 0.411 e. The second kappa shape index (κ2) is 11.0. The standard InChI is InChI=1S/C26H30N4O2/c1-19(2)29-25(31)32-13-12-30(5)24-10-8-20(9-11-24)6-7-21-14-22(23(17-27)18-28)16-26(3,4)15-21/h6-11,14H,1,12-13,15-16H2,2-5H3,(H,29,31)/b7-6+. The summed E-state index contributed by atoms with van der Waals surface area (Å²) in [5.41, 5.74) is 4.71. The van der Waals surface area contributed by atoms with Gasteiger partial charge in [-0.2, -0.15) is 10.5 Å². The molecule has 1 aromatic rings. The van der Waals surface area contributed by atoms with Crippen molar-refractivity contribution in [1.82, 2.24) is 5.32 Å². The Kier molecular flexibility index (Phi) is 8.44. The predicted octanol–water partition coefficient (Wildman–Crippen LogP) is 5.49. The zero-order valence-corrected chi connectivity index (χ0v) is 19.2. The average molecular weight is 431 g/mol. The molecule has 166 valence electrons. The average Bonchev–Trinajstić information content (AvgIpc) is 2.72. The zero-order chi connectivity index (χ0) is 23.7. The Morgan fingerprint density at radius 3 is 2.47 bits per heavy atom. The minimum atomic E-state index is -0.499. The monoisotopic (exact) mass is 430 g/mol. The first kappa shape index (κ1) is 24.5. The van der Waals surface area contributed by atoms with Gasteiger partial charge in [0, 0.05) is 18.4 Å². The lowest BCUT2D eigenvalue weighted by atomic mass is 9.74. The number of likely N-dealkylation sites (N-methyl/N-ethyl adjacent to an activating group) is 1. The smallest absolute Gasteiger partial charge is 0.411 e. The molecule has 6 heteroatoms. The summed E-state index contributed by atoms with van der Waals surface area (Å²) in [5, 5.41) is 20.9. The highest BCUT2D eigenvalue weighted by atomic mass is 16.5. The SMILES string of the molecule is C=C(C)NC(=O)OCCN(C)c1ccc(/C=C/C2=CC(=C(C#N)C#N)CC(C)(C)C2)cc1. The van der Waals surface area contributed by atoms with Crippen LogP contribution < -0.4 is 10.2 Å². The summed E-state index contributed by atoms with van der Waals surface area (Å²) in [6.07, 6.45) is 7.17. The summed E-state index contributed by atoms with van der Waals surface area (Å²) in [6, 6.07) is 12.1. The molecule has 0 fully saturated rings. The van der Waals surface area contributed by atoms with Crippen LogP contribution in [0.1, 0.15) is 39.2 Å². The van der Waals surface area contributed by atoms with Crippen molar-refractivity contribution in [2.75, 3.05) is 25.1 Å². The van der Waals surface area contributed by atoms with Gasteiger partial charge in [0.05, 0.1) is 6.54 Å². The van der Waals surface area contributed by atoms with Crippen LogP contribution in [-0.4, -0.2) is 26.3 Å². The van der Waals surface area contributed by atoms with Crippen molar-refractivity contribution in [3.8, 4) is 12.1 Å². The Labute approximate surface area is 190 Å². The van der Waals surface area contributed by atoms with Crippen molar-refractivity contribution in [2.45, 2.75) is 33.6 Å². The summed E-state index contributed by atoms with van der Waals surface area (Å²) in [7, 11) is 1.94. The highest BCUT2D eigenvalue weighted by molar-refractivity contribution is 5.69. The van der Waals surface area contributed by atoms with Gasteiger partial charge in [-0.15, -0.1) is 0 Å². The molecule has 1 amide bonds. The van der Waals surface area contributed by atoms with Crippen LogP contribution in [0.3, 0.4) is 0 Å². The van der Waals surface area contributed by atoms with Gasteiger partial charge in [-0.1, -0.05) is 50.8 Å². The van der Waals surface area contributed by atoms with E-state index in [-0.39, 0.29) is 17.6 Å². The topological polar surface area (TPSA) is 89.2 Å². The number of rotatable bonds is 7. The lowest BCUT2D eigenvalue weighted by Crippen LogP contribution is -2.28. The third kappa shape index (κ3) is 7.49. The number of benzene rings is 1. The number of anilines is 1. The maximum absolute atomic E-state index is 11.5. The number of hydrogen-bond donors (Lipinski definition) is 1. The van der Waals surface area contributed by atoms with Gasteiger partial charge >= 0.3 is 6.09 Å². The quantitative estimate of drug-likeness (QED) is 0.578. The molecule has 1 aromatic carbocycles. The highest BCUT2D eigenvalue weighted by Gasteiger charge is 2.26. The first-order valence-corrected chi connectivity index (χ1v) is 10.5. The van der Waals surface area contributed by atoms with Gasteiger partial charge in [-0.25, -0.2) is 4.79 Å². The van der Waals surface area contributed by atoms with Crippen LogP contribution in [0.2, 0.25) is 0 Å². The summed E-state index contributed by atoms with van der Waals surface area (Å²) in [4.78, 5) is 13.5. The first-order valence-electron chi connectivity index (χ1n) is 10.5. The first-order chi connectivity index (χ1) is 15.1. The van der Waals surface area contributed by atoms with Crippen LogP contribution in [0.15, 0.2) is 65.4 Å². The fourth-order valence-corrected chi connectivity index (χ4v) is 3.55. The van der Waals surface area contributed by atoms with Crippen molar-refractivity contribution in [3.63, 3.8) is 0 Å². The molecular formula is C26H30N4O2. The molecule has 0 spiro atoms. The van der Waals surface area contributed by atoms with Gasteiger partial charge in [-0.05, 0) is 54.0 Å². The fourth-order valence-electron chi connectivity index (χ4n) is 3.55. The van der Waals surface area contributed by atoms with E-state index in [0.717, 1.165) is 35.2 Å². The number of nitrogens with one attached hydrogen (secondary N) is 1. The molecule has 1 aliphatic rings. The molecule has 2 rings (SSSR count). The Morgan fingerprint density at radius 1 is 1.22 bits per heavy atom. The Hall–Kier alpha value is -3.77. The van der Waals surface area contributed by atoms with E-state index in [1.54, 1.807) is 6.92 Å². The van der Waals surface area contributed by atoms with Crippen molar-refractivity contribution >= 4 is 17.9 Å². The number of nitrogens with zero attached hydrogens (tertiary/aromatic N) is 3. The van der Waals surface area contributed by atoms with Crippen molar-refractivity contribution in [2.24, 2.45) is 5.41 Å². The molecule has 1 N–H and O–H groups in total. The highest BCUT2D eigenvalue weighted by Crippen LogP contribution is 2.39. The van der Waals surface area contributed by atoms with Crippen LogP contribution in [-0.2, 0) is 4.74 Å². The van der Waals surface area contributed by atoms with Crippen molar-refractivity contribution < 1.29 is 9.53 Å². The number of alkyl carbamates (subject to hydrolysis) is 1. The molecule has 0 radical (unpaired) electrons. The molecule has 0 bridgehead atoms. The summed E-state index contributed by atoms with van der Waals surface area (Å²) in [5.74, 6) is 0. The molecule has 0 saturated carbocycles. The van der Waals surface area contributed by atoms with Gasteiger partial charge in [0.1, 0.15) is 24.3 Å². The van der Waals surface area contributed by atoms with E-state index in [1.165, 1.54) is 0 Å². The molecule has 0 unspecified atom stereocenters. The second-order valence-electron chi connectivity index (χ2n) is 8.75. The van der Waals surface area contributed by atoms with E-state index in [1.807, 2.05) is 60.5 Å². The summed E-state index contributed by atoms with van der Waals surface area (Å²) in [6.45, 7) is 10.4. The van der Waals surface area contributed by atoms with E-state index >= 15 is 0 Å². The molecule has 0 aromatic heterocycles. The van der Waals surface area contributed by atoms with E-state index in [9.17, 15) is 15.3 Å². The van der Waals surface area contributed by atoms with Crippen LogP contribution in [0.4, 0.5) is 10.5 Å². The second-order valence-corrected chi connectivity index (χ2v) is 8.75. The minimum absolute atomic E-state index is 0.00137. The third-order valence-corrected chi connectivity index (χ3v) is 5.06. The third-order valence-electron chi connectivity index (χ3n) is 5.06. The molecule has 6 nitrogen and oxygen atoms in total. The predicted molar refractivity (Wildman–Crippen MR) is 127 cm³/mol. The van der Waals surface area contributed by atoms with Crippen molar-refractivity contribution in [1.29, 1.82) is 10.5 Å². The number of ether oxygens (including phenoxy) is 1. The van der Waals surface area contributed by atoms with Crippen molar-refractivity contribution in [3.05, 3.63) is 71.0 Å². The van der Waals surface area contributed by atoms with E-state index in [2.05, 4.69) is 31.8 Å². The molecule has 0 aliphatic heterocycles. The van der Waals surface area contributed by atoms with Gasteiger partial charge in [0.15, 0.2) is 0 Å². The van der Waals surface area contributed by atoms with Gasteiger partial charge in [0.2, 0.25) is 0 Å². The number of amides is 1. The molecule has 0 saturated heterocycles. The molecule has 0 atom stereocenters. The van der Waals surface area contributed by atoms with Crippen LogP contribution in [0.5, 0.6) is 0 Å². The molecule has 0 heterocycles. The molecular weight excluding hydrogens is 400 g/mol. The number of carbonyl (C=O) groups excluding carboxylic acids is 1. The van der Waals surface area contributed by atoms with Crippen LogP contribution >= 0.6 is 0 Å². The number of carbonyl (C=O) groups is 1. The van der Waals surface area contributed by atoms with E-state index in [0.29, 0.717) is 12.2 Å². The zero-order valence-electron chi connectivity index (χ0n) is 19.2. The van der Waals surface area contributed by atoms with E-state index < -0.39 is 6.09 Å². The molecule has 32 heavy (non-hydrogen) atoms. The fraction of sp³-hybridized carbons (Fsp3) is 0.346. The van der Waals surface area contributed by atoms with Gasteiger partial charge in [0.25, 0.3) is 0 Å².